The van der Waals surface area contributed by atoms with Crippen LogP contribution >= 0.6 is 0 Å². The van der Waals surface area contributed by atoms with Gasteiger partial charge in [0.15, 0.2) is 0 Å². The van der Waals surface area contributed by atoms with E-state index in [0.717, 1.165) is 111 Å². The van der Waals surface area contributed by atoms with Crippen molar-refractivity contribution in [2.75, 3.05) is 0 Å². The Hall–Kier alpha value is -9.22. The normalized spacial score (nSPS) is 11.3. The maximum Gasteiger partial charge on any atom is 0.101 e. The van der Waals surface area contributed by atoms with Crippen LogP contribution < -0.4 is 0 Å². The second-order valence-electron chi connectivity index (χ2n) is 16.7. The molecule has 0 saturated carbocycles. The van der Waals surface area contributed by atoms with Gasteiger partial charge in [-0.3, -0.25) is 0 Å². The largest absolute Gasteiger partial charge is 0.307 e. The second-order valence-corrected chi connectivity index (χ2v) is 16.7. The fourth-order valence-electron chi connectivity index (χ4n) is 9.95. The number of fused-ring (bicyclic) bond motifs is 6. The first-order valence-electron chi connectivity index (χ1n) is 22.1. The Morgan fingerprint density at radius 1 is 0.258 bits per heavy atom. The van der Waals surface area contributed by atoms with Crippen molar-refractivity contribution >= 4 is 43.6 Å². The number of rotatable bonds is 7. The third-order valence-corrected chi connectivity index (χ3v) is 13.0. The zero-order chi connectivity index (χ0) is 44.1. The van der Waals surface area contributed by atoms with Crippen LogP contribution in [0, 0.1) is 22.7 Å². The minimum Gasteiger partial charge on any atom is -0.307 e. The van der Waals surface area contributed by atoms with Gasteiger partial charge in [0.25, 0.3) is 0 Å². The van der Waals surface area contributed by atoms with Crippen LogP contribution in [0.4, 0.5) is 0 Å². The van der Waals surface area contributed by atoms with E-state index in [0.29, 0.717) is 11.1 Å². The average Bonchev–Trinajstić information content (AvgIpc) is 3.89. The number of hydrogen-bond acceptors (Lipinski definition) is 2. The summed E-state index contributed by atoms with van der Waals surface area (Å²) >= 11 is 0. The van der Waals surface area contributed by atoms with Gasteiger partial charge in [-0.05, 0) is 93.0 Å². The molecule has 4 heteroatoms. The van der Waals surface area contributed by atoms with Gasteiger partial charge in [-0.1, -0.05) is 182 Å². The average molecular weight is 839 g/mol. The molecule has 66 heavy (non-hydrogen) atoms. The Bertz CT molecular complexity index is 3660. The van der Waals surface area contributed by atoms with Crippen molar-refractivity contribution in [2.24, 2.45) is 0 Å². The van der Waals surface area contributed by atoms with Crippen LogP contribution in [0.15, 0.2) is 231 Å². The van der Waals surface area contributed by atoms with E-state index >= 15 is 0 Å². The summed E-state index contributed by atoms with van der Waals surface area (Å²) in [7, 11) is 0. The van der Waals surface area contributed by atoms with Crippen molar-refractivity contribution in [1.82, 2.24) is 9.13 Å². The van der Waals surface area contributed by atoms with Gasteiger partial charge < -0.3 is 9.13 Å². The van der Waals surface area contributed by atoms with E-state index in [9.17, 15) is 10.5 Å². The molecule has 0 atom stereocenters. The first-order valence-corrected chi connectivity index (χ1v) is 22.1. The van der Waals surface area contributed by atoms with Crippen molar-refractivity contribution < 1.29 is 0 Å². The van der Waals surface area contributed by atoms with Crippen LogP contribution in [0.3, 0.4) is 0 Å². The molecule has 12 aromatic rings. The second kappa shape index (κ2) is 15.8. The van der Waals surface area contributed by atoms with Gasteiger partial charge in [0.05, 0.1) is 44.6 Å². The summed E-state index contributed by atoms with van der Waals surface area (Å²) in [6.07, 6.45) is 0. The standard InChI is InChI=1S/C62H38N4/c63-39-49-23-13-25-53(61(49)65-57-33-29-45(41-15-5-1-6-16-41)35-55(57)51-31-27-47(37-59(51)65)43-19-9-3-10-20-43)54-26-14-24-50(40-64)62(54)66-58-34-30-46(42-17-7-2-8-18-42)36-56(58)52-32-28-48(38-60(52)66)44-21-11-4-12-22-44/h1-38H. The first kappa shape index (κ1) is 38.5. The van der Waals surface area contributed by atoms with E-state index in [4.69, 9.17) is 0 Å². The topological polar surface area (TPSA) is 57.4 Å². The predicted molar refractivity (Wildman–Crippen MR) is 272 cm³/mol. The molecular weight excluding hydrogens is 801 g/mol. The molecule has 10 aromatic carbocycles. The van der Waals surface area contributed by atoms with Crippen LogP contribution in [0.2, 0.25) is 0 Å². The minimum absolute atomic E-state index is 0.526. The molecule has 12 rings (SSSR count). The molecule has 0 unspecified atom stereocenters. The SMILES string of the molecule is N#Cc1cccc(-c2cccc(C#N)c2-n2c3ccc(-c4ccccc4)cc3c3ccc(-c4ccccc4)cc32)c1-n1c2ccc(-c3ccccc3)cc2c2ccc(-c3ccccc3)cc21. The molecule has 0 aliphatic carbocycles. The number of hydrogen-bond donors (Lipinski definition) is 0. The smallest absolute Gasteiger partial charge is 0.101 e. The van der Waals surface area contributed by atoms with Crippen LogP contribution in [-0.2, 0) is 0 Å². The third-order valence-electron chi connectivity index (χ3n) is 13.0. The van der Waals surface area contributed by atoms with Gasteiger partial charge in [-0.25, -0.2) is 0 Å². The maximum atomic E-state index is 11.1. The lowest BCUT2D eigenvalue weighted by Crippen LogP contribution is -2.05. The highest BCUT2D eigenvalue weighted by Crippen LogP contribution is 2.45. The van der Waals surface area contributed by atoms with Crippen molar-refractivity contribution in [3.05, 3.63) is 242 Å². The van der Waals surface area contributed by atoms with E-state index in [1.54, 1.807) is 0 Å². The summed E-state index contributed by atoms with van der Waals surface area (Å²) in [6, 6.07) is 85.5. The Morgan fingerprint density at radius 3 is 0.939 bits per heavy atom. The molecule has 0 amide bonds. The van der Waals surface area contributed by atoms with E-state index in [1.807, 2.05) is 48.5 Å². The lowest BCUT2D eigenvalue weighted by molar-refractivity contribution is 1.15. The van der Waals surface area contributed by atoms with Gasteiger partial charge in [-0.2, -0.15) is 10.5 Å². The minimum atomic E-state index is 0.526. The molecule has 0 radical (unpaired) electrons. The maximum absolute atomic E-state index is 11.1. The van der Waals surface area contributed by atoms with E-state index in [1.165, 1.54) is 0 Å². The zero-order valence-corrected chi connectivity index (χ0v) is 35.7. The molecule has 2 aromatic heterocycles. The summed E-state index contributed by atoms with van der Waals surface area (Å²) in [5, 5.41) is 26.6. The molecule has 0 bridgehead atoms. The highest BCUT2D eigenvalue weighted by molar-refractivity contribution is 6.14. The molecule has 0 fully saturated rings. The third kappa shape index (κ3) is 6.28. The van der Waals surface area contributed by atoms with Crippen molar-refractivity contribution in [3.63, 3.8) is 0 Å². The summed E-state index contributed by atoms with van der Waals surface area (Å²) in [6.45, 7) is 0. The number of aromatic nitrogens is 2. The molecule has 0 aliphatic rings. The molecular formula is C62H38N4. The van der Waals surface area contributed by atoms with Crippen molar-refractivity contribution in [1.29, 1.82) is 10.5 Å². The van der Waals surface area contributed by atoms with Gasteiger partial charge in [0.1, 0.15) is 12.1 Å². The number of nitriles is 2. The molecule has 306 valence electrons. The zero-order valence-electron chi connectivity index (χ0n) is 35.7. The lowest BCUT2D eigenvalue weighted by atomic mass is 9.95. The van der Waals surface area contributed by atoms with Gasteiger partial charge in [0.2, 0.25) is 0 Å². The summed E-state index contributed by atoms with van der Waals surface area (Å²) in [5.41, 5.74) is 17.0. The van der Waals surface area contributed by atoms with Crippen molar-refractivity contribution in [3.8, 4) is 79.1 Å². The van der Waals surface area contributed by atoms with Crippen LogP contribution in [0.5, 0.6) is 0 Å². The Kier molecular flexibility index (Phi) is 9.23. The van der Waals surface area contributed by atoms with Crippen LogP contribution in [0.25, 0.3) is 111 Å². The monoisotopic (exact) mass is 838 g/mol. The number of para-hydroxylation sites is 2. The van der Waals surface area contributed by atoms with Crippen LogP contribution in [0.1, 0.15) is 11.1 Å². The molecule has 0 aliphatic heterocycles. The van der Waals surface area contributed by atoms with E-state index < -0.39 is 0 Å². The molecule has 0 saturated heterocycles. The quantitative estimate of drug-likeness (QED) is 0.161. The van der Waals surface area contributed by atoms with Crippen molar-refractivity contribution in [2.45, 2.75) is 0 Å². The Morgan fingerprint density at radius 2 is 0.591 bits per heavy atom. The molecule has 2 heterocycles. The summed E-state index contributed by atoms with van der Waals surface area (Å²) < 4.78 is 4.54. The molecule has 0 spiro atoms. The van der Waals surface area contributed by atoms with E-state index in [2.05, 4.69) is 203 Å². The van der Waals surface area contributed by atoms with Gasteiger partial charge in [-0.15, -0.1) is 0 Å². The number of nitrogens with zero attached hydrogens (tertiary/aromatic N) is 4. The highest BCUT2D eigenvalue weighted by Gasteiger charge is 2.25. The van der Waals surface area contributed by atoms with Gasteiger partial charge >= 0.3 is 0 Å². The molecule has 4 nitrogen and oxygen atoms in total. The summed E-state index contributed by atoms with van der Waals surface area (Å²) in [4.78, 5) is 0. The number of benzene rings is 10. The lowest BCUT2D eigenvalue weighted by Gasteiger charge is -2.20. The Labute approximate surface area is 382 Å². The van der Waals surface area contributed by atoms with Crippen LogP contribution in [-0.4, -0.2) is 9.13 Å². The first-order chi connectivity index (χ1) is 32.7. The fourth-order valence-corrected chi connectivity index (χ4v) is 9.95. The predicted octanol–water partition coefficient (Wildman–Crippen LogP) is 16.0. The summed E-state index contributed by atoms with van der Waals surface area (Å²) in [5.74, 6) is 0. The Balaban J connectivity index is 1.17. The fraction of sp³-hybridized carbons (Fsp3) is 0. The van der Waals surface area contributed by atoms with E-state index in [-0.39, 0.29) is 0 Å². The highest BCUT2D eigenvalue weighted by atomic mass is 15.0. The molecule has 0 N–H and O–H groups in total. The van der Waals surface area contributed by atoms with Gasteiger partial charge in [0, 0.05) is 32.7 Å².